The molecule has 0 radical (unpaired) electrons. The molecule has 0 aromatic carbocycles. The van der Waals surface area contributed by atoms with Gasteiger partial charge in [0.15, 0.2) is 0 Å². The van der Waals surface area contributed by atoms with E-state index in [-0.39, 0.29) is 33.0 Å². The first-order valence-corrected chi connectivity index (χ1v) is 14.2. The van der Waals surface area contributed by atoms with Crippen molar-refractivity contribution in [3.8, 4) is 0 Å². The Morgan fingerprint density at radius 1 is 0.912 bits per heavy atom. The Morgan fingerprint density at radius 3 is 2.26 bits per heavy atom. The van der Waals surface area contributed by atoms with Crippen LogP contribution in [0.25, 0.3) is 0 Å². The average molecular weight is 470 g/mol. The van der Waals surface area contributed by atoms with E-state index in [9.17, 15) is 4.79 Å². The number of hydrogen-bond donors (Lipinski definition) is 1. The van der Waals surface area contributed by atoms with Gasteiger partial charge in [0.25, 0.3) is 0 Å². The summed E-state index contributed by atoms with van der Waals surface area (Å²) in [4.78, 5) is 13.4. The van der Waals surface area contributed by atoms with E-state index in [0.717, 1.165) is 38.5 Å². The van der Waals surface area contributed by atoms with Crippen molar-refractivity contribution >= 4 is 5.97 Å². The quantitative estimate of drug-likeness (QED) is 0.324. The van der Waals surface area contributed by atoms with Crippen molar-refractivity contribution in [1.29, 1.82) is 0 Å². The van der Waals surface area contributed by atoms with Crippen molar-refractivity contribution in [2.24, 2.45) is 56.0 Å². The highest BCUT2D eigenvalue weighted by Gasteiger charge is 2.69. The molecule has 3 heteroatoms. The van der Waals surface area contributed by atoms with E-state index in [1.165, 1.54) is 25.7 Å². The van der Waals surface area contributed by atoms with Gasteiger partial charge < -0.3 is 10.5 Å². The first kappa shape index (κ1) is 24.8. The summed E-state index contributed by atoms with van der Waals surface area (Å²) in [5.41, 5.74) is 9.32. The molecule has 0 unspecified atom stereocenters. The van der Waals surface area contributed by atoms with E-state index < -0.39 is 0 Å². The number of fused-ring (bicyclic) bond motifs is 7. The van der Waals surface area contributed by atoms with Crippen molar-refractivity contribution in [3.63, 3.8) is 0 Å². The Bertz CT molecular complexity index is 903. The predicted molar refractivity (Wildman–Crippen MR) is 139 cm³/mol. The summed E-state index contributed by atoms with van der Waals surface area (Å²) in [6.45, 7) is 17.6. The zero-order valence-corrected chi connectivity index (χ0v) is 23.4. The minimum atomic E-state index is -0.306. The molecule has 0 spiro atoms. The first-order chi connectivity index (χ1) is 15.7. The first-order valence-electron chi connectivity index (χ1n) is 14.2. The minimum absolute atomic E-state index is 0.0573. The van der Waals surface area contributed by atoms with Crippen LogP contribution in [0.2, 0.25) is 0 Å². The molecular weight excluding hydrogens is 418 g/mol. The Kier molecular flexibility index (Phi) is 5.38. The molecule has 0 amide bonds. The molecule has 3 nitrogen and oxygen atoms in total. The summed E-state index contributed by atoms with van der Waals surface area (Å²) in [7, 11) is 1.60. The lowest BCUT2D eigenvalue weighted by molar-refractivity contribution is -0.191. The number of methoxy groups -OCH3 is 1. The number of hydrogen-bond acceptors (Lipinski definition) is 3. The summed E-state index contributed by atoms with van der Waals surface area (Å²) >= 11 is 0. The SMILES string of the molecule is COC(=O)[C@]12CCC(C)(C)C[C@H]1C1=CC[C@@H]3[C@@]4(C)CC[C@@H](N)C(C)(C)[C@@H]4CC[C@@]3(C)[C@]1(C)CC2. The van der Waals surface area contributed by atoms with Crippen molar-refractivity contribution in [1.82, 2.24) is 0 Å². The molecule has 0 saturated heterocycles. The molecule has 0 aromatic rings. The summed E-state index contributed by atoms with van der Waals surface area (Å²) in [5.74, 6) is 1.79. The van der Waals surface area contributed by atoms with E-state index in [2.05, 4.69) is 54.5 Å². The molecule has 192 valence electrons. The molecule has 5 aliphatic carbocycles. The van der Waals surface area contributed by atoms with Crippen molar-refractivity contribution in [3.05, 3.63) is 11.6 Å². The molecule has 8 atom stereocenters. The minimum Gasteiger partial charge on any atom is -0.469 e. The molecule has 4 fully saturated rings. The van der Waals surface area contributed by atoms with Gasteiger partial charge in [-0.25, -0.2) is 0 Å². The molecule has 4 saturated carbocycles. The van der Waals surface area contributed by atoms with Crippen LogP contribution in [-0.2, 0) is 9.53 Å². The monoisotopic (exact) mass is 469 g/mol. The Balaban J connectivity index is 1.60. The van der Waals surface area contributed by atoms with Crippen LogP contribution in [0.15, 0.2) is 11.6 Å². The number of allylic oxidation sites excluding steroid dienone is 2. The number of rotatable bonds is 1. The number of nitrogens with two attached hydrogens (primary N) is 1. The summed E-state index contributed by atoms with van der Waals surface area (Å²) < 4.78 is 5.50. The lowest BCUT2D eigenvalue weighted by Crippen LogP contribution is -2.65. The second-order valence-electron chi connectivity index (χ2n) is 15.3. The Hall–Kier alpha value is -0.830. The molecule has 34 heavy (non-hydrogen) atoms. The van der Waals surface area contributed by atoms with Crippen LogP contribution < -0.4 is 5.73 Å². The van der Waals surface area contributed by atoms with E-state index in [1.807, 2.05) is 0 Å². The van der Waals surface area contributed by atoms with Crippen LogP contribution in [0.4, 0.5) is 0 Å². The topological polar surface area (TPSA) is 52.3 Å². The van der Waals surface area contributed by atoms with E-state index in [1.54, 1.807) is 12.7 Å². The predicted octanol–water partition coefficient (Wildman–Crippen LogP) is 7.29. The van der Waals surface area contributed by atoms with Crippen LogP contribution in [0, 0.1) is 50.2 Å². The van der Waals surface area contributed by atoms with Gasteiger partial charge in [0.1, 0.15) is 0 Å². The highest BCUT2D eigenvalue weighted by atomic mass is 16.5. The van der Waals surface area contributed by atoms with Gasteiger partial charge in [-0.1, -0.05) is 60.1 Å². The third-order valence-corrected chi connectivity index (χ3v) is 13.3. The number of carbonyl (C=O) groups excluding carboxylic acids is 1. The van der Waals surface area contributed by atoms with Crippen LogP contribution in [0.3, 0.4) is 0 Å². The van der Waals surface area contributed by atoms with Gasteiger partial charge in [-0.05, 0) is 109 Å². The second-order valence-corrected chi connectivity index (χ2v) is 15.3. The van der Waals surface area contributed by atoms with Gasteiger partial charge >= 0.3 is 5.97 Å². The summed E-state index contributed by atoms with van der Waals surface area (Å²) in [5, 5.41) is 0. The molecule has 0 aliphatic heterocycles. The fraction of sp³-hybridized carbons (Fsp3) is 0.903. The second kappa shape index (κ2) is 7.36. The van der Waals surface area contributed by atoms with E-state index in [0.29, 0.717) is 29.2 Å². The van der Waals surface area contributed by atoms with E-state index >= 15 is 0 Å². The highest BCUT2D eigenvalue weighted by Crippen LogP contribution is 2.75. The van der Waals surface area contributed by atoms with Crippen LogP contribution in [-0.4, -0.2) is 19.1 Å². The van der Waals surface area contributed by atoms with Gasteiger partial charge in [0.2, 0.25) is 0 Å². The van der Waals surface area contributed by atoms with Crippen LogP contribution in [0.5, 0.6) is 0 Å². The zero-order valence-electron chi connectivity index (χ0n) is 23.4. The smallest absolute Gasteiger partial charge is 0.312 e. The van der Waals surface area contributed by atoms with Crippen molar-refractivity contribution < 1.29 is 9.53 Å². The molecule has 0 aromatic heterocycles. The summed E-state index contributed by atoms with van der Waals surface area (Å²) in [6, 6.07) is 0.319. The van der Waals surface area contributed by atoms with Gasteiger partial charge in [-0.3, -0.25) is 4.79 Å². The van der Waals surface area contributed by atoms with Crippen LogP contribution in [0.1, 0.15) is 113 Å². The van der Waals surface area contributed by atoms with Gasteiger partial charge in [-0.15, -0.1) is 0 Å². The fourth-order valence-electron chi connectivity index (χ4n) is 10.8. The molecule has 5 rings (SSSR count). The molecule has 0 bridgehead atoms. The largest absolute Gasteiger partial charge is 0.469 e. The van der Waals surface area contributed by atoms with E-state index in [4.69, 9.17) is 10.5 Å². The standard InChI is InChI=1S/C31H51NO2/c1-26(2)15-17-31(25(33)34-8)18-16-29(6)20(21(31)19-26)9-10-23-28(5)13-12-24(32)27(3,4)22(28)11-14-30(23,29)7/h9,21-24H,10-19,32H2,1-8H3/t21-,22-,23+,24+,28-,29+,30+,31-/m0/s1. The molecule has 0 heterocycles. The van der Waals surface area contributed by atoms with Crippen molar-refractivity contribution in [2.75, 3.05) is 7.11 Å². The lowest BCUT2D eigenvalue weighted by Gasteiger charge is -2.71. The maximum absolute atomic E-state index is 13.4. The number of ether oxygens (including phenoxy) is 1. The van der Waals surface area contributed by atoms with Gasteiger partial charge in [0.05, 0.1) is 12.5 Å². The number of esters is 1. The average Bonchev–Trinajstić information content (AvgIpc) is 2.76. The Labute approximate surface area is 209 Å². The summed E-state index contributed by atoms with van der Waals surface area (Å²) in [6.07, 6.45) is 14.2. The molecule has 2 N–H and O–H groups in total. The number of carbonyl (C=O) groups is 1. The Morgan fingerprint density at radius 2 is 1.59 bits per heavy atom. The van der Waals surface area contributed by atoms with Gasteiger partial charge in [0, 0.05) is 6.04 Å². The fourth-order valence-corrected chi connectivity index (χ4v) is 10.8. The normalized spacial score (nSPS) is 51.1. The van der Waals surface area contributed by atoms with Crippen LogP contribution >= 0.6 is 0 Å². The highest BCUT2D eigenvalue weighted by molar-refractivity contribution is 5.78. The zero-order chi connectivity index (χ0) is 24.9. The lowest BCUT2D eigenvalue weighted by atomic mass is 9.33. The third-order valence-electron chi connectivity index (χ3n) is 13.3. The van der Waals surface area contributed by atoms with Crippen molar-refractivity contribution in [2.45, 2.75) is 119 Å². The molecule has 5 aliphatic rings. The third kappa shape index (κ3) is 2.94. The maximum atomic E-state index is 13.4. The van der Waals surface area contributed by atoms with Gasteiger partial charge in [-0.2, -0.15) is 0 Å². The molecular formula is C31H51NO2. The maximum Gasteiger partial charge on any atom is 0.312 e.